The third-order valence-corrected chi connectivity index (χ3v) is 3.53. The van der Waals surface area contributed by atoms with Crippen molar-refractivity contribution in [3.05, 3.63) is 24.3 Å². The normalized spacial score (nSPS) is 18.5. The van der Waals surface area contributed by atoms with Crippen molar-refractivity contribution < 1.29 is 9.53 Å². The molecule has 0 spiro atoms. The van der Waals surface area contributed by atoms with Crippen LogP contribution in [-0.4, -0.2) is 37.0 Å². The molecule has 5 heteroatoms. The quantitative estimate of drug-likeness (QED) is 0.891. The van der Waals surface area contributed by atoms with Crippen LogP contribution >= 0.6 is 0 Å². The van der Waals surface area contributed by atoms with E-state index >= 15 is 0 Å². The summed E-state index contributed by atoms with van der Waals surface area (Å²) in [5.74, 6) is 0.769. The van der Waals surface area contributed by atoms with Crippen LogP contribution in [0.25, 0.3) is 0 Å². The monoisotopic (exact) mass is 273 g/mol. The summed E-state index contributed by atoms with van der Waals surface area (Å²) in [6, 6.07) is 9.29. The molecule has 1 fully saturated rings. The second kappa shape index (κ2) is 6.92. The van der Waals surface area contributed by atoms with Crippen molar-refractivity contribution in [2.45, 2.75) is 25.3 Å². The zero-order valence-corrected chi connectivity index (χ0v) is 11.6. The zero-order valence-electron chi connectivity index (χ0n) is 11.6. The second-order valence-corrected chi connectivity index (χ2v) is 4.82. The summed E-state index contributed by atoms with van der Waals surface area (Å²) in [6.45, 7) is 1.56. The van der Waals surface area contributed by atoms with Gasteiger partial charge in [-0.1, -0.05) is 0 Å². The molecule has 0 aromatic heterocycles. The number of hydrogen-bond acceptors (Lipinski definition) is 4. The molecule has 106 valence electrons. The molecule has 1 heterocycles. The zero-order chi connectivity index (χ0) is 14.4. The summed E-state index contributed by atoms with van der Waals surface area (Å²) in [6.07, 6.45) is 2.33. The molecule has 20 heavy (non-hydrogen) atoms. The van der Waals surface area contributed by atoms with E-state index in [9.17, 15) is 4.79 Å². The minimum Gasteiger partial charge on any atom is -0.497 e. The van der Waals surface area contributed by atoms with Crippen molar-refractivity contribution in [2.75, 3.05) is 25.5 Å². The third-order valence-electron chi connectivity index (χ3n) is 3.53. The Bertz CT molecular complexity index is 493. The van der Waals surface area contributed by atoms with E-state index in [-0.39, 0.29) is 11.9 Å². The van der Waals surface area contributed by atoms with Crippen LogP contribution in [-0.2, 0) is 4.79 Å². The van der Waals surface area contributed by atoms with Crippen LogP contribution in [0.3, 0.4) is 0 Å². The van der Waals surface area contributed by atoms with Gasteiger partial charge in [-0.05, 0) is 43.7 Å². The number of nitrogens with one attached hydrogen (secondary N) is 1. The number of methoxy groups -OCH3 is 1. The number of nitriles is 1. The van der Waals surface area contributed by atoms with Gasteiger partial charge in [0.1, 0.15) is 5.75 Å². The lowest BCUT2D eigenvalue weighted by Gasteiger charge is -2.22. The van der Waals surface area contributed by atoms with E-state index < -0.39 is 0 Å². The molecule has 1 aliphatic heterocycles. The predicted molar refractivity (Wildman–Crippen MR) is 76.4 cm³/mol. The van der Waals surface area contributed by atoms with Gasteiger partial charge in [0.05, 0.1) is 19.2 Å². The summed E-state index contributed by atoms with van der Waals surface area (Å²) < 4.78 is 5.08. The van der Waals surface area contributed by atoms with Gasteiger partial charge in [-0.25, -0.2) is 0 Å². The molecule has 0 saturated carbocycles. The van der Waals surface area contributed by atoms with Crippen LogP contribution in [0.1, 0.15) is 19.3 Å². The van der Waals surface area contributed by atoms with E-state index in [1.54, 1.807) is 7.11 Å². The Balaban J connectivity index is 1.94. The Hall–Kier alpha value is -2.06. The van der Waals surface area contributed by atoms with Crippen molar-refractivity contribution in [2.24, 2.45) is 0 Å². The molecular formula is C15H19N3O2. The average Bonchev–Trinajstić information content (AvgIpc) is 2.94. The highest BCUT2D eigenvalue weighted by molar-refractivity contribution is 5.95. The van der Waals surface area contributed by atoms with Crippen LogP contribution in [0.2, 0.25) is 0 Å². The van der Waals surface area contributed by atoms with Gasteiger partial charge in [-0.3, -0.25) is 9.69 Å². The van der Waals surface area contributed by atoms with Gasteiger partial charge in [-0.2, -0.15) is 5.26 Å². The largest absolute Gasteiger partial charge is 0.497 e. The lowest BCUT2D eigenvalue weighted by Crippen LogP contribution is -2.40. The Labute approximate surface area is 119 Å². The van der Waals surface area contributed by atoms with Gasteiger partial charge < -0.3 is 10.1 Å². The minimum atomic E-state index is -0.120. The van der Waals surface area contributed by atoms with Crippen LogP contribution in [0.4, 0.5) is 5.69 Å². The van der Waals surface area contributed by atoms with Crippen LogP contribution in [0.15, 0.2) is 24.3 Å². The molecule has 1 atom stereocenters. The van der Waals surface area contributed by atoms with Crippen LogP contribution in [0.5, 0.6) is 5.75 Å². The summed E-state index contributed by atoms with van der Waals surface area (Å²) in [4.78, 5) is 14.4. The maximum Gasteiger partial charge on any atom is 0.241 e. The number of benzene rings is 1. The predicted octanol–water partition coefficient (Wildman–Crippen LogP) is 2.01. The van der Waals surface area contributed by atoms with Crippen molar-refractivity contribution >= 4 is 11.6 Å². The van der Waals surface area contributed by atoms with Crippen LogP contribution in [0, 0.1) is 11.3 Å². The lowest BCUT2D eigenvalue weighted by molar-refractivity contribution is -0.120. The molecule has 0 unspecified atom stereocenters. The van der Waals surface area contributed by atoms with Crippen molar-refractivity contribution in [1.82, 2.24) is 4.90 Å². The molecular weight excluding hydrogens is 254 g/mol. The van der Waals surface area contributed by atoms with Gasteiger partial charge >= 0.3 is 0 Å². The third kappa shape index (κ3) is 3.49. The first kappa shape index (κ1) is 14.4. The fourth-order valence-corrected chi connectivity index (χ4v) is 2.48. The highest BCUT2D eigenvalue weighted by Gasteiger charge is 2.30. The minimum absolute atomic E-state index is 0.00519. The standard InChI is InChI=1S/C15H19N3O2/c1-20-13-7-5-12(6-8-13)17-15(19)14-4-2-10-18(14)11-3-9-16/h5-8,14H,2-4,10-11H2,1H3,(H,17,19)/t14-/m0/s1. The van der Waals surface area contributed by atoms with E-state index in [1.807, 2.05) is 24.3 Å². The molecule has 1 saturated heterocycles. The Morgan fingerprint density at radius 1 is 1.50 bits per heavy atom. The van der Waals surface area contributed by atoms with Gasteiger partial charge in [0.25, 0.3) is 0 Å². The number of rotatable bonds is 5. The van der Waals surface area contributed by atoms with E-state index in [4.69, 9.17) is 10.00 Å². The molecule has 0 aliphatic carbocycles. The average molecular weight is 273 g/mol. The molecule has 1 aromatic rings. The number of anilines is 1. The van der Waals surface area contributed by atoms with Gasteiger partial charge in [0.2, 0.25) is 5.91 Å². The van der Waals surface area contributed by atoms with E-state index in [0.29, 0.717) is 13.0 Å². The highest BCUT2D eigenvalue weighted by atomic mass is 16.5. The summed E-state index contributed by atoms with van der Waals surface area (Å²) >= 11 is 0. The Morgan fingerprint density at radius 2 is 2.25 bits per heavy atom. The van der Waals surface area contributed by atoms with Gasteiger partial charge in [0, 0.05) is 18.7 Å². The summed E-state index contributed by atoms with van der Waals surface area (Å²) in [7, 11) is 1.61. The van der Waals surface area contributed by atoms with Crippen molar-refractivity contribution in [3.8, 4) is 11.8 Å². The first-order chi connectivity index (χ1) is 9.74. The van der Waals surface area contributed by atoms with E-state index in [0.717, 1.165) is 30.8 Å². The molecule has 1 N–H and O–H groups in total. The molecule has 1 amide bonds. The molecule has 2 rings (SSSR count). The van der Waals surface area contributed by atoms with Crippen molar-refractivity contribution in [1.29, 1.82) is 5.26 Å². The van der Waals surface area contributed by atoms with Crippen molar-refractivity contribution in [3.63, 3.8) is 0 Å². The first-order valence-corrected chi connectivity index (χ1v) is 6.80. The molecule has 0 bridgehead atoms. The second-order valence-electron chi connectivity index (χ2n) is 4.82. The number of amides is 1. The summed E-state index contributed by atoms with van der Waals surface area (Å²) in [5.41, 5.74) is 0.767. The number of hydrogen-bond donors (Lipinski definition) is 1. The van der Waals surface area contributed by atoms with Gasteiger partial charge in [0.15, 0.2) is 0 Å². The molecule has 1 aromatic carbocycles. The number of likely N-dealkylation sites (tertiary alicyclic amines) is 1. The van der Waals surface area contributed by atoms with Gasteiger partial charge in [-0.15, -0.1) is 0 Å². The number of carbonyl (C=O) groups excluding carboxylic acids is 1. The fraction of sp³-hybridized carbons (Fsp3) is 0.467. The first-order valence-electron chi connectivity index (χ1n) is 6.80. The number of ether oxygens (including phenoxy) is 1. The van der Waals surface area contributed by atoms with E-state index in [2.05, 4.69) is 16.3 Å². The maximum atomic E-state index is 12.3. The molecule has 1 aliphatic rings. The molecule has 0 radical (unpaired) electrons. The SMILES string of the molecule is COc1ccc(NC(=O)[C@@H]2CCCN2CCC#N)cc1. The fourth-order valence-electron chi connectivity index (χ4n) is 2.48. The lowest BCUT2D eigenvalue weighted by atomic mass is 10.2. The summed E-state index contributed by atoms with van der Waals surface area (Å²) in [5, 5.41) is 11.6. The Kier molecular flexibility index (Phi) is 4.97. The highest BCUT2D eigenvalue weighted by Crippen LogP contribution is 2.20. The molecule has 5 nitrogen and oxygen atoms in total. The number of carbonyl (C=O) groups is 1. The smallest absolute Gasteiger partial charge is 0.241 e. The Morgan fingerprint density at radius 3 is 2.90 bits per heavy atom. The number of nitrogens with zero attached hydrogens (tertiary/aromatic N) is 2. The van der Waals surface area contributed by atoms with Crippen LogP contribution < -0.4 is 10.1 Å². The topological polar surface area (TPSA) is 65.4 Å². The van der Waals surface area contributed by atoms with E-state index in [1.165, 1.54) is 0 Å². The maximum absolute atomic E-state index is 12.3.